The SMILES string of the molecule is COC[C@@H]1CC(F)(F)CN1C1CN(C(=O)c2cccc(C)n2)C1. The fraction of sp³-hybridized carbons (Fsp3) is 0.625. The summed E-state index contributed by atoms with van der Waals surface area (Å²) in [7, 11) is 1.52. The number of amides is 1. The van der Waals surface area contributed by atoms with E-state index in [2.05, 4.69) is 4.98 Å². The Labute approximate surface area is 134 Å². The molecular weight excluding hydrogens is 304 g/mol. The number of aryl methyl sites for hydroxylation is 1. The summed E-state index contributed by atoms with van der Waals surface area (Å²) in [5, 5.41) is 0. The first kappa shape index (κ1) is 16.3. The van der Waals surface area contributed by atoms with E-state index in [1.54, 1.807) is 21.9 Å². The Morgan fingerprint density at radius 2 is 2.17 bits per heavy atom. The number of rotatable bonds is 4. The topological polar surface area (TPSA) is 45.7 Å². The molecule has 0 N–H and O–H groups in total. The van der Waals surface area contributed by atoms with Crippen molar-refractivity contribution in [3.63, 3.8) is 0 Å². The van der Waals surface area contributed by atoms with Gasteiger partial charge >= 0.3 is 0 Å². The van der Waals surface area contributed by atoms with Gasteiger partial charge in [-0.1, -0.05) is 6.07 Å². The van der Waals surface area contributed by atoms with Crippen LogP contribution in [0.1, 0.15) is 22.6 Å². The number of pyridine rings is 1. The van der Waals surface area contributed by atoms with Gasteiger partial charge in [-0.3, -0.25) is 9.69 Å². The van der Waals surface area contributed by atoms with Crippen LogP contribution in [-0.4, -0.2) is 72.0 Å². The number of hydrogen-bond acceptors (Lipinski definition) is 4. The lowest BCUT2D eigenvalue weighted by Crippen LogP contribution is -2.62. The molecule has 0 bridgehead atoms. The predicted molar refractivity (Wildman–Crippen MR) is 80.6 cm³/mol. The zero-order chi connectivity index (χ0) is 16.6. The van der Waals surface area contributed by atoms with E-state index in [-0.39, 0.29) is 31.0 Å². The standard InChI is InChI=1S/C16H21F2N3O2/c1-11-4-3-5-14(19-11)15(22)20-7-13(8-20)21-10-16(17,18)6-12(21)9-23-2/h3-5,12-13H,6-10H2,1-2H3/t12-/m0/s1. The second-order valence-corrected chi connectivity index (χ2v) is 6.37. The third-order valence-corrected chi connectivity index (χ3v) is 4.50. The number of hydrogen-bond donors (Lipinski definition) is 0. The highest BCUT2D eigenvalue weighted by Crippen LogP contribution is 2.35. The normalized spacial score (nSPS) is 24.7. The summed E-state index contributed by atoms with van der Waals surface area (Å²) < 4.78 is 32.4. The van der Waals surface area contributed by atoms with Crippen LogP contribution in [0.2, 0.25) is 0 Å². The van der Waals surface area contributed by atoms with Crippen molar-refractivity contribution >= 4 is 5.91 Å². The number of carbonyl (C=O) groups excluding carboxylic acids is 1. The maximum Gasteiger partial charge on any atom is 0.272 e. The molecule has 1 aromatic heterocycles. The molecule has 0 unspecified atom stereocenters. The van der Waals surface area contributed by atoms with Crippen molar-refractivity contribution < 1.29 is 18.3 Å². The van der Waals surface area contributed by atoms with E-state index in [0.717, 1.165) is 5.69 Å². The van der Waals surface area contributed by atoms with Crippen molar-refractivity contribution in [2.24, 2.45) is 0 Å². The summed E-state index contributed by atoms with van der Waals surface area (Å²) in [5.74, 6) is -2.81. The number of ether oxygens (including phenoxy) is 1. The zero-order valence-corrected chi connectivity index (χ0v) is 13.3. The van der Waals surface area contributed by atoms with Crippen molar-refractivity contribution in [3.8, 4) is 0 Å². The van der Waals surface area contributed by atoms with Gasteiger partial charge in [-0.05, 0) is 19.1 Å². The molecule has 1 atom stereocenters. The summed E-state index contributed by atoms with van der Waals surface area (Å²) in [6, 6.07) is 4.99. The monoisotopic (exact) mass is 325 g/mol. The maximum atomic E-state index is 13.7. The minimum atomic E-state index is -2.67. The lowest BCUT2D eigenvalue weighted by atomic mass is 10.0. The van der Waals surface area contributed by atoms with Gasteiger partial charge in [0.2, 0.25) is 0 Å². The van der Waals surface area contributed by atoms with Crippen LogP contribution in [0.25, 0.3) is 0 Å². The molecule has 0 saturated carbocycles. The van der Waals surface area contributed by atoms with E-state index >= 15 is 0 Å². The van der Waals surface area contributed by atoms with E-state index in [4.69, 9.17) is 4.74 Å². The van der Waals surface area contributed by atoms with Crippen molar-refractivity contribution in [2.45, 2.75) is 31.4 Å². The summed E-state index contributed by atoms with van der Waals surface area (Å²) in [4.78, 5) is 20.0. The van der Waals surface area contributed by atoms with E-state index < -0.39 is 5.92 Å². The summed E-state index contributed by atoms with van der Waals surface area (Å²) in [5.41, 5.74) is 1.19. The Hall–Kier alpha value is -1.60. The molecule has 2 aliphatic rings. The number of aromatic nitrogens is 1. The highest BCUT2D eigenvalue weighted by molar-refractivity contribution is 5.93. The van der Waals surface area contributed by atoms with Crippen LogP contribution >= 0.6 is 0 Å². The van der Waals surface area contributed by atoms with Gasteiger partial charge in [0.05, 0.1) is 13.2 Å². The molecule has 23 heavy (non-hydrogen) atoms. The zero-order valence-electron chi connectivity index (χ0n) is 13.3. The Bertz CT molecular complexity index is 590. The minimum absolute atomic E-state index is 0.0303. The highest BCUT2D eigenvalue weighted by atomic mass is 19.3. The first-order chi connectivity index (χ1) is 10.9. The molecule has 0 aliphatic carbocycles. The average Bonchev–Trinajstić information content (AvgIpc) is 2.72. The number of methoxy groups -OCH3 is 1. The Kier molecular flexibility index (Phi) is 4.33. The number of alkyl halides is 2. The first-order valence-corrected chi connectivity index (χ1v) is 7.75. The van der Waals surface area contributed by atoms with Crippen LogP contribution in [0.15, 0.2) is 18.2 Å². The van der Waals surface area contributed by atoms with E-state index in [1.165, 1.54) is 7.11 Å². The fourth-order valence-corrected chi connectivity index (χ4v) is 3.35. The minimum Gasteiger partial charge on any atom is -0.383 e. The van der Waals surface area contributed by atoms with Crippen LogP contribution < -0.4 is 0 Å². The fourth-order valence-electron chi connectivity index (χ4n) is 3.35. The van der Waals surface area contributed by atoms with Gasteiger partial charge in [-0.15, -0.1) is 0 Å². The highest BCUT2D eigenvalue weighted by Gasteiger charge is 2.50. The molecule has 3 heterocycles. The van der Waals surface area contributed by atoms with Gasteiger partial charge in [0.1, 0.15) is 5.69 Å². The molecule has 2 aliphatic heterocycles. The molecular formula is C16H21F2N3O2. The second-order valence-electron chi connectivity index (χ2n) is 6.37. The maximum absolute atomic E-state index is 13.7. The van der Waals surface area contributed by atoms with E-state index in [0.29, 0.717) is 25.4 Å². The van der Waals surface area contributed by atoms with Gasteiger partial charge in [0.15, 0.2) is 0 Å². The Morgan fingerprint density at radius 1 is 1.43 bits per heavy atom. The quantitative estimate of drug-likeness (QED) is 0.843. The smallest absolute Gasteiger partial charge is 0.272 e. The molecule has 2 saturated heterocycles. The van der Waals surface area contributed by atoms with E-state index in [1.807, 2.05) is 13.0 Å². The summed E-state index contributed by atoms with van der Waals surface area (Å²) >= 11 is 0. The molecule has 0 aromatic carbocycles. The molecule has 1 amide bonds. The number of likely N-dealkylation sites (tertiary alicyclic amines) is 2. The molecule has 0 radical (unpaired) electrons. The Morgan fingerprint density at radius 3 is 2.83 bits per heavy atom. The third-order valence-electron chi connectivity index (χ3n) is 4.50. The molecule has 3 rings (SSSR count). The van der Waals surface area contributed by atoms with Gasteiger partial charge in [-0.25, -0.2) is 13.8 Å². The van der Waals surface area contributed by atoms with Crippen LogP contribution in [-0.2, 0) is 4.74 Å². The molecule has 2 fully saturated rings. The predicted octanol–water partition coefficient (Wildman–Crippen LogP) is 1.57. The molecule has 0 spiro atoms. The Balaban J connectivity index is 1.61. The molecule has 1 aromatic rings. The van der Waals surface area contributed by atoms with Gasteiger partial charge < -0.3 is 9.64 Å². The van der Waals surface area contributed by atoms with Crippen molar-refractivity contribution in [2.75, 3.05) is 33.4 Å². The molecule has 5 nitrogen and oxygen atoms in total. The number of nitrogens with zero attached hydrogens (tertiary/aromatic N) is 3. The lowest BCUT2D eigenvalue weighted by Gasteiger charge is -2.45. The summed E-state index contributed by atoms with van der Waals surface area (Å²) in [6.07, 6.45) is -0.176. The average molecular weight is 325 g/mol. The number of halogens is 2. The first-order valence-electron chi connectivity index (χ1n) is 7.75. The summed E-state index contributed by atoms with van der Waals surface area (Å²) in [6.45, 7) is 2.79. The number of carbonyl (C=O) groups is 1. The molecule has 7 heteroatoms. The van der Waals surface area contributed by atoms with Crippen LogP contribution in [0.3, 0.4) is 0 Å². The van der Waals surface area contributed by atoms with Gasteiger partial charge in [0.25, 0.3) is 11.8 Å². The second kappa shape index (κ2) is 6.13. The van der Waals surface area contributed by atoms with Crippen molar-refractivity contribution in [1.29, 1.82) is 0 Å². The third kappa shape index (κ3) is 3.35. The van der Waals surface area contributed by atoms with Crippen LogP contribution in [0.4, 0.5) is 8.78 Å². The van der Waals surface area contributed by atoms with Crippen LogP contribution in [0, 0.1) is 6.92 Å². The molecule has 126 valence electrons. The van der Waals surface area contributed by atoms with Gasteiger partial charge in [0, 0.05) is 44.4 Å². The van der Waals surface area contributed by atoms with Crippen molar-refractivity contribution in [3.05, 3.63) is 29.6 Å². The lowest BCUT2D eigenvalue weighted by molar-refractivity contribution is -0.0138. The van der Waals surface area contributed by atoms with Crippen molar-refractivity contribution in [1.82, 2.24) is 14.8 Å². The van der Waals surface area contributed by atoms with E-state index in [9.17, 15) is 13.6 Å². The largest absolute Gasteiger partial charge is 0.383 e. The van der Waals surface area contributed by atoms with Crippen LogP contribution in [0.5, 0.6) is 0 Å². The van der Waals surface area contributed by atoms with Gasteiger partial charge in [-0.2, -0.15) is 0 Å².